The van der Waals surface area contributed by atoms with E-state index in [1.54, 1.807) is 11.3 Å². The number of thiazole rings is 1. The number of benzene rings is 1. The van der Waals surface area contributed by atoms with Gasteiger partial charge in [-0.2, -0.15) is 0 Å². The molecule has 1 aromatic heterocycles. The Balaban J connectivity index is 1.95. The highest BCUT2D eigenvalue weighted by atomic mass is 32.1. The lowest BCUT2D eigenvalue weighted by Crippen LogP contribution is -2.41. The van der Waals surface area contributed by atoms with Crippen LogP contribution in [-0.2, 0) is 0 Å². The zero-order chi connectivity index (χ0) is 14.7. The van der Waals surface area contributed by atoms with Gasteiger partial charge in [-0.25, -0.2) is 4.98 Å². The Bertz CT molecular complexity index is 600. The van der Waals surface area contributed by atoms with Gasteiger partial charge in [0.25, 0.3) is 0 Å². The second kappa shape index (κ2) is 6.56. The molecule has 0 aliphatic carbocycles. The fraction of sp³-hybridized carbons (Fsp3) is 0.312. The minimum atomic E-state index is -0.355. The van der Waals surface area contributed by atoms with E-state index < -0.39 is 0 Å². The summed E-state index contributed by atoms with van der Waals surface area (Å²) >= 11 is 1.69. The molecule has 2 heterocycles. The molecule has 0 saturated carbocycles. The summed E-state index contributed by atoms with van der Waals surface area (Å²) < 4.78 is 0. The molecule has 0 radical (unpaired) electrons. The zero-order valence-corrected chi connectivity index (χ0v) is 13.0. The van der Waals surface area contributed by atoms with Crippen LogP contribution in [-0.4, -0.2) is 35.0 Å². The third-order valence-corrected chi connectivity index (χ3v) is 4.78. The minimum absolute atomic E-state index is 0.355. The van der Waals surface area contributed by atoms with Gasteiger partial charge in [-0.15, -0.1) is 11.3 Å². The number of nitrogens with zero attached hydrogens (tertiary/aromatic N) is 2. The Hall–Kier alpha value is -1.43. The highest BCUT2D eigenvalue weighted by Crippen LogP contribution is 2.33. The van der Waals surface area contributed by atoms with Crippen LogP contribution in [0, 0.1) is 0 Å². The van der Waals surface area contributed by atoms with Gasteiger partial charge in [0.15, 0.2) is 0 Å². The molecule has 1 saturated heterocycles. The molecule has 0 spiro atoms. The molecule has 1 N–H and O–H groups in total. The number of piperidine rings is 1. The summed E-state index contributed by atoms with van der Waals surface area (Å²) in [4.78, 5) is 6.64. The van der Waals surface area contributed by atoms with E-state index in [9.17, 15) is 5.02 Å². The highest BCUT2D eigenvalue weighted by Gasteiger charge is 2.23. The van der Waals surface area contributed by atoms with E-state index in [4.69, 9.17) is 0 Å². The molecule has 0 unspecified atom stereocenters. The third-order valence-electron chi connectivity index (χ3n) is 3.99. The molecule has 1 aliphatic rings. The van der Waals surface area contributed by atoms with E-state index in [-0.39, 0.29) is 7.05 Å². The average Bonchev–Trinajstić information content (AvgIpc) is 3.03. The van der Waals surface area contributed by atoms with Crippen molar-refractivity contribution < 1.29 is 5.02 Å². The molecule has 0 atom stereocenters. The summed E-state index contributed by atoms with van der Waals surface area (Å²) in [5.41, 5.74) is 3.98. The van der Waals surface area contributed by atoms with Crippen molar-refractivity contribution in [2.75, 3.05) is 13.1 Å². The SMILES string of the molecule is CB(O)N1CCC(=C(c2ccccc2)c2nccs2)CC1. The van der Waals surface area contributed by atoms with Gasteiger partial charge in [0.1, 0.15) is 5.01 Å². The van der Waals surface area contributed by atoms with Crippen molar-refractivity contribution in [2.24, 2.45) is 0 Å². The van der Waals surface area contributed by atoms with Crippen LogP contribution in [0.25, 0.3) is 5.57 Å². The van der Waals surface area contributed by atoms with Crippen molar-refractivity contribution in [1.29, 1.82) is 0 Å². The van der Waals surface area contributed by atoms with Gasteiger partial charge in [0, 0.05) is 17.2 Å². The first kappa shape index (κ1) is 14.5. The van der Waals surface area contributed by atoms with E-state index in [2.05, 4.69) is 34.1 Å². The van der Waals surface area contributed by atoms with E-state index in [1.807, 2.05) is 24.5 Å². The minimum Gasteiger partial charge on any atom is -0.437 e. The summed E-state index contributed by atoms with van der Waals surface area (Å²) in [5, 5.41) is 12.8. The van der Waals surface area contributed by atoms with Crippen LogP contribution in [0.3, 0.4) is 0 Å². The van der Waals surface area contributed by atoms with Crippen molar-refractivity contribution in [2.45, 2.75) is 19.7 Å². The first-order valence-corrected chi connectivity index (χ1v) is 8.23. The predicted molar refractivity (Wildman–Crippen MR) is 89.2 cm³/mol. The van der Waals surface area contributed by atoms with Gasteiger partial charge in [0.05, 0.1) is 0 Å². The van der Waals surface area contributed by atoms with Crippen LogP contribution in [0.2, 0.25) is 6.82 Å². The van der Waals surface area contributed by atoms with Crippen molar-refractivity contribution >= 4 is 24.0 Å². The second-order valence-corrected chi connectivity index (χ2v) is 6.24. The Morgan fingerprint density at radius 2 is 1.95 bits per heavy atom. The van der Waals surface area contributed by atoms with Crippen molar-refractivity contribution in [3.63, 3.8) is 0 Å². The number of hydrogen-bond donors (Lipinski definition) is 1. The van der Waals surface area contributed by atoms with Gasteiger partial charge in [-0.05, 0) is 38.3 Å². The Morgan fingerprint density at radius 1 is 1.24 bits per heavy atom. The number of aromatic nitrogens is 1. The lowest BCUT2D eigenvalue weighted by atomic mass is 9.81. The van der Waals surface area contributed by atoms with Crippen LogP contribution >= 0.6 is 11.3 Å². The first-order chi connectivity index (χ1) is 10.3. The topological polar surface area (TPSA) is 36.4 Å². The van der Waals surface area contributed by atoms with Gasteiger partial charge < -0.3 is 9.83 Å². The maximum Gasteiger partial charge on any atom is 0.376 e. The fourth-order valence-corrected chi connectivity index (χ4v) is 3.60. The Labute approximate surface area is 130 Å². The third kappa shape index (κ3) is 3.26. The monoisotopic (exact) mass is 298 g/mol. The molecule has 3 rings (SSSR count). The van der Waals surface area contributed by atoms with E-state index in [0.29, 0.717) is 0 Å². The van der Waals surface area contributed by atoms with Crippen molar-refractivity contribution in [3.05, 3.63) is 58.1 Å². The first-order valence-electron chi connectivity index (χ1n) is 7.35. The second-order valence-electron chi connectivity index (χ2n) is 5.35. The van der Waals surface area contributed by atoms with Gasteiger partial charge >= 0.3 is 7.05 Å². The number of rotatable bonds is 3. The molecule has 3 nitrogen and oxygen atoms in total. The van der Waals surface area contributed by atoms with E-state index >= 15 is 0 Å². The summed E-state index contributed by atoms with van der Waals surface area (Å²) in [5.74, 6) is 0. The molecule has 108 valence electrons. The lowest BCUT2D eigenvalue weighted by molar-refractivity contribution is 0.345. The summed E-state index contributed by atoms with van der Waals surface area (Å²) in [6.45, 7) is 3.66. The quantitative estimate of drug-likeness (QED) is 0.884. The molecule has 2 aromatic rings. The Morgan fingerprint density at radius 3 is 2.52 bits per heavy atom. The van der Waals surface area contributed by atoms with Crippen LogP contribution in [0.4, 0.5) is 0 Å². The van der Waals surface area contributed by atoms with Crippen LogP contribution in [0.5, 0.6) is 0 Å². The molecule has 0 bridgehead atoms. The van der Waals surface area contributed by atoms with Gasteiger partial charge in [-0.3, -0.25) is 0 Å². The molecular weight excluding hydrogens is 279 g/mol. The maximum atomic E-state index is 9.70. The predicted octanol–water partition coefficient (Wildman–Crippen LogP) is 3.15. The molecule has 1 aromatic carbocycles. The molecule has 21 heavy (non-hydrogen) atoms. The van der Waals surface area contributed by atoms with Crippen molar-refractivity contribution in [3.8, 4) is 0 Å². The van der Waals surface area contributed by atoms with Crippen LogP contribution < -0.4 is 0 Å². The largest absolute Gasteiger partial charge is 0.437 e. The maximum absolute atomic E-state index is 9.70. The molecular formula is C16H19BN2OS. The highest BCUT2D eigenvalue weighted by molar-refractivity contribution is 7.10. The molecule has 0 amide bonds. The van der Waals surface area contributed by atoms with Gasteiger partial charge in [0.2, 0.25) is 0 Å². The summed E-state index contributed by atoms with van der Waals surface area (Å²) in [6.07, 6.45) is 3.86. The zero-order valence-electron chi connectivity index (χ0n) is 12.2. The molecule has 1 aliphatic heterocycles. The van der Waals surface area contributed by atoms with Crippen molar-refractivity contribution in [1.82, 2.24) is 9.79 Å². The van der Waals surface area contributed by atoms with Crippen LogP contribution in [0.1, 0.15) is 23.4 Å². The molecule has 5 heteroatoms. The van der Waals surface area contributed by atoms with E-state index in [1.165, 1.54) is 16.7 Å². The summed E-state index contributed by atoms with van der Waals surface area (Å²) in [7, 11) is -0.355. The normalized spacial score (nSPS) is 16.0. The van der Waals surface area contributed by atoms with E-state index in [0.717, 1.165) is 30.9 Å². The lowest BCUT2D eigenvalue weighted by Gasteiger charge is -2.30. The van der Waals surface area contributed by atoms with Gasteiger partial charge in [-0.1, -0.05) is 35.9 Å². The average molecular weight is 298 g/mol. The standard InChI is InChI=1S/C16H19BN2OS/c1-17(20)19-10-7-14(8-11-19)15(16-18-9-12-21-16)13-5-3-2-4-6-13/h2-6,9,12,20H,7-8,10-11H2,1H3. The smallest absolute Gasteiger partial charge is 0.376 e. The summed E-state index contributed by atoms with van der Waals surface area (Å²) in [6, 6.07) is 10.5. The fourth-order valence-electron chi connectivity index (χ4n) is 2.85. The van der Waals surface area contributed by atoms with Crippen LogP contribution in [0.15, 0.2) is 47.5 Å². The Kier molecular flexibility index (Phi) is 4.53. The molecule has 1 fully saturated rings. The number of hydrogen-bond acceptors (Lipinski definition) is 4.